The van der Waals surface area contributed by atoms with E-state index in [1.165, 1.54) is 0 Å². The molecule has 2 N–H and O–H groups in total. The largest absolute Gasteiger partial charge is 0.480 e. The second kappa shape index (κ2) is 8.29. The summed E-state index contributed by atoms with van der Waals surface area (Å²) in [6.45, 7) is 2.58. The van der Waals surface area contributed by atoms with Crippen LogP contribution in [0.1, 0.15) is 58.3 Å². The summed E-state index contributed by atoms with van der Waals surface area (Å²) in [6, 6.07) is -1.10. The molecule has 1 amide bonds. The summed E-state index contributed by atoms with van der Waals surface area (Å²) in [5.74, 6) is -1.06. The van der Waals surface area contributed by atoms with E-state index in [1.54, 1.807) is 4.90 Å². The van der Waals surface area contributed by atoms with Gasteiger partial charge in [0.25, 0.3) is 0 Å². The highest BCUT2D eigenvalue weighted by molar-refractivity contribution is 7.90. The second-order valence-electron chi connectivity index (χ2n) is 6.87. The summed E-state index contributed by atoms with van der Waals surface area (Å²) in [4.78, 5) is 25.4. The van der Waals surface area contributed by atoms with E-state index in [9.17, 15) is 18.0 Å². The first kappa shape index (κ1) is 19.2. The number of carbonyl (C=O) groups excluding carboxylic acids is 1. The molecule has 0 radical (unpaired) electrons. The zero-order valence-corrected chi connectivity index (χ0v) is 15.1. The number of carboxylic acids is 1. The minimum absolute atomic E-state index is 0.0336. The molecule has 7 nitrogen and oxygen atoms in total. The van der Waals surface area contributed by atoms with Gasteiger partial charge >= 0.3 is 5.97 Å². The van der Waals surface area contributed by atoms with Crippen molar-refractivity contribution in [2.75, 3.05) is 13.1 Å². The first-order valence-corrected chi connectivity index (χ1v) is 10.4. The average Bonchev–Trinajstić information content (AvgIpc) is 3.08. The minimum atomic E-state index is -3.76. The summed E-state index contributed by atoms with van der Waals surface area (Å²) >= 11 is 0. The number of carbonyl (C=O) groups is 2. The van der Waals surface area contributed by atoms with Crippen molar-refractivity contribution in [3.05, 3.63) is 0 Å². The van der Waals surface area contributed by atoms with E-state index < -0.39 is 27.3 Å². The molecule has 2 atom stereocenters. The summed E-state index contributed by atoms with van der Waals surface area (Å²) < 4.78 is 27.4. The molecule has 0 aromatic rings. The maximum Gasteiger partial charge on any atom is 0.321 e. The number of likely N-dealkylation sites (tertiary alicyclic amines) is 1. The van der Waals surface area contributed by atoms with Gasteiger partial charge in [-0.25, -0.2) is 13.1 Å². The van der Waals surface area contributed by atoms with Crippen LogP contribution >= 0.6 is 0 Å². The van der Waals surface area contributed by atoms with Gasteiger partial charge in [-0.3, -0.25) is 9.59 Å². The van der Waals surface area contributed by atoms with Gasteiger partial charge in [-0.05, 0) is 32.1 Å². The highest BCUT2D eigenvalue weighted by atomic mass is 32.2. The van der Waals surface area contributed by atoms with E-state index >= 15 is 0 Å². The standard InChI is InChI=1S/C16H28N2O5S/c1-2-6-14(16(20)21)17-24(22,23)13-9-5-10-18(11-13)15(19)12-7-3-4-8-12/h12-14,17H,2-11H2,1H3,(H,20,21). The van der Waals surface area contributed by atoms with Gasteiger partial charge in [0.1, 0.15) is 6.04 Å². The van der Waals surface area contributed by atoms with Crippen LogP contribution in [0, 0.1) is 5.92 Å². The summed E-state index contributed by atoms with van der Waals surface area (Å²) in [5, 5.41) is 8.43. The molecule has 2 aliphatic rings. The summed E-state index contributed by atoms with van der Waals surface area (Å²) in [6.07, 6.45) is 5.83. The SMILES string of the molecule is CCCC(NS(=O)(=O)C1CCCN(C(=O)C2CCCC2)C1)C(=O)O. The fourth-order valence-corrected chi connectivity index (χ4v) is 5.30. The quantitative estimate of drug-likeness (QED) is 0.713. The molecular weight excluding hydrogens is 332 g/mol. The number of nitrogens with one attached hydrogen (secondary N) is 1. The van der Waals surface area contributed by atoms with Gasteiger partial charge in [0.2, 0.25) is 15.9 Å². The molecule has 24 heavy (non-hydrogen) atoms. The third-order valence-electron chi connectivity index (χ3n) is 5.02. The molecule has 2 unspecified atom stereocenters. The lowest BCUT2D eigenvalue weighted by atomic mass is 10.0. The smallest absolute Gasteiger partial charge is 0.321 e. The summed E-state index contributed by atoms with van der Waals surface area (Å²) in [5.41, 5.74) is 0. The Morgan fingerprint density at radius 3 is 2.46 bits per heavy atom. The van der Waals surface area contributed by atoms with Gasteiger partial charge < -0.3 is 10.0 Å². The molecule has 2 rings (SSSR count). The molecular formula is C16H28N2O5S. The number of nitrogens with zero attached hydrogens (tertiary/aromatic N) is 1. The van der Waals surface area contributed by atoms with Crippen molar-refractivity contribution in [2.45, 2.75) is 69.6 Å². The number of piperidine rings is 1. The van der Waals surface area contributed by atoms with Gasteiger partial charge in [-0.1, -0.05) is 26.2 Å². The first-order chi connectivity index (χ1) is 11.3. The monoisotopic (exact) mass is 360 g/mol. The first-order valence-electron chi connectivity index (χ1n) is 8.88. The number of amides is 1. The Morgan fingerprint density at radius 2 is 1.88 bits per heavy atom. The van der Waals surface area contributed by atoms with Gasteiger partial charge in [0.05, 0.1) is 5.25 Å². The Balaban J connectivity index is 2.01. The molecule has 1 heterocycles. The lowest BCUT2D eigenvalue weighted by molar-refractivity contribution is -0.139. The molecule has 0 aromatic heterocycles. The van der Waals surface area contributed by atoms with Gasteiger partial charge in [-0.15, -0.1) is 0 Å². The number of carboxylic acid groups (broad SMARTS) is 1. The third-order valence-corrected chi connectivity index (χ3v) is 6.89. The topological polar surface area (TPSA) is 104 Å². The van der Waals surface area contributed by atoms with Crippen LogP contribution in [0.15, 0.2) is 0 Å². The summed E-state index contributed by atoms with van der Waals surface area (Å²) in [7, 11) is -3.76. The Morgan fingerprint density at radius 1 is 1.21 bits per heavy atom. The molecule has 1 aliphatic carbocycles. The number of sulfonamides is 1. The van der Waals surface area contributed by atoms with Crippen LogP contribution in [-0.4, -0.2) is 54.7 Å². The molecule has 8 heteroatoms. The van der Waals surface area contributed by atoms with Crippen LogP contribution in [0.25, 0.3) is 0 Å². The zero-order valence-electron chi connectivity index (χ0n) is 14.2. The van der Waals surface area contributed by atoms with Crippen molar-refractivity contribution in [1.29, 1.82) is 0 Å². The van der Waals surface area contributed by atoms with E-state index in [1.807, 2.05) is 6.92 Å². The molecule has 2 fully saturated rings. The second-order valence-corrected chi connectivity index (χ2v) is 8.86. The zero-order chi connectivity index (χ0) is 17.7. The van der Waals surface area contributed by atoms with Crippen LogP contribution in [-0.2, 0) is 19.6 Å². The Bertz CT molecular complexity index is 557. The molecule has 138 valence electrons. The number of hydrogen-bond acceptors (Lipinski definition) is 4. The fourth-order valence-electron chi connectivity index (χ4n) is 3.64. The van der Waals surface area contributed by atoms with Crippen LogP contribution in [0.5, 0.6) is 0 Å². The Hall–Kier alpha value is -1.15. The fraction of sp³-hybridized carbons (Fsp3) is 0.875. The highest BCUT2D eigenvalue weighted by Crippen LogP contribution is 2.28. The van der Waals surface area contributed by atoms with E-state index in [0.29, 0.717) is 25.8 Å². The van der Waals surface area contributed by atoms with E-state index in [0.717, 1.165) is 25.7 Å². The van der Waals surface area contributed by atoms with Crippen molar-refractivity contribution in [1.82, 2.24) is 9.62 Å². The highest BCUT2D eigenvalue weighted by Gasteiger charge is 2.37. The predicted molar refractivity (Wildman–Crippen MR) is 89.9 cm³/mol. The van der Waals surface area contributed by atoms with Crippen molar-refractivity contribution < 1.29 is 23.1 Å². The van der Waals surface area contributed by atoms with Crippen molar-refractivity contribution in [3.63, 3.8) is 0 Å². The third kappa shape index (κ3) is 4.69. The molecule has 1 saturated carbocycles. The van der Waals surface area contributed by atoms with E-state index in [4.69, 9.17) is 5.11 Å². The van der Waals surface area contributed by atoms with Gasteiger partial charge in [0.15, 0.2) is 0 Å². The molecule has 1 aliphatic heterocycles. The maximum absolute atomic E-state index is 12.6. The van der Waals surface area contributed by atoms with Gasteiger partial charge in [-0.2, -0.15) is 0 Å². The Kier molecular flexibility index (Phi) is 6.62. The average molecular weight is 360 g/mol. The number of rotatable bonds is 7. The van der Waals surface area contributed by atoms with Crippen LogP contribution in [0.2, 0.25) is 0 Å². The van der Waals surface area contributed by atoms with Crippen molar-refractivity contribution >= 4 is 21.9 Å². The van der Waals surface area contributed by atoms with Crippen LogP contribution < -0.4 is 4.72 Å². The normalized spacial score (nSPS) is 24.0. The molecule has 0 spiro atoms. The van der Waals surface area contributed by atoms with Crippen molar-refractivity contribution in [3.8, 4) is 0 Å². The van der Waals surface area contributed by atoms with Gasteiger partial charge in [0, 0.05) is 19.0 Å². The van der Waals surface area contributed by atoms with Crippen molar-refractivity contribution in [2.24, 2.45) is 5.92 Å². The molecule has 0 aromatic carbocycles. The Labute approximate surface area is 143 Å². The minimum Gasteiger partial charge on any atom is -0.480 e. The van der Waals surface area contributed by atoms with E-state index in [-0.39, 0.29) is 24.8 Å². The lowest BCUT2D eigenvalue weighted by Gasteiger charge is -2.34. The maximum atomic E-state index is 12.6. The van der Waals surface area contributed by atoms with Crippen LogP contribution in [0.4, 0.5) is 0 Å². The number of aliphatic carboxylic acids is 1. The number of hydrogen-bond donors (Lipinski definition) is 2. The van der Waals surface area contributed by atoms with E-state index in [2.05, 4.69) is 4.72 Å². The van der Waals surface area contributed by atoms with Crippen LogP contribution in [0.3, 0.4) is 0 Å². The molecule has 1 saturated heterocycles. The predicted octanol–water partition coefficient (Wildman–Crippen LogP) is 1.34. The molecule has 0 bridgehead atoms. The lowest BCUT2D eigenvalue weighted by Crippen LogP contribution is -2.52.